The van der Waals surface area contributed by atoms with Crippen LogP contribution in [-0.4, -0.2) is 29.5 Å². The molecule has 3 aromatic rings. The zero-order chi connectivity index (χ0) is 18.2. The van der Waals surface area contributed by atoms with E-state index < -0.39 is 10.9 Å². The summed E-state index contributed by atoms with van der Waals surface area (Å²) in [7, 11) is 0. The maximum atomic E-state index is 9.68. The van der Waals surface area contributed by atoms with Crippen LogP contribution < -0.4 is 0 Å². The summed E-state index contributed by atoms with van der Waals surface area (Å²) < 4.78 is 5.24. The Bertz CT molecular complexity index is 682. The van der Waals surface area contributed by atoms with Crippen molar-refractivity contribution in [2.24, 2.45) is 0 Å². The highest BCUT2D eigenvalue weighted by Crippen LogP contribution is 2.48. The molecule has 1 atom stereocenters. The van der Waals surface area contributed by atoms with E-state index in [4.69, 9.17) is 9.29 Å². The van der Waals surface area contributed by atoms with Crippen LogP contribution in [0, 0.1) is 0 Å². The molecule has 0 radical (unpaired) electrons. The Kier molecular flexibility index (Phi) is 6.47. The van der Waals surface area contributed by atoms with Gasteiger partial charge in [0.1, 0.15) is 10.9 Å². The van der Waals surface area contributed by atoms with Crippen molar-refractivity contribution in [3.05, 3.63) is 108 Å². The predicted octanol–water partition coefficient (Wildman–Crippen LogP) is 4.00. The quantitative estimate of drug-likeness (QED) is 0.467. The van der Waals surface area contributed by atoms with Gasteiger partial charge in [0.15, 0.2) is 0 Å². The molecule has 134 valence electrons. The molecular formula is C22H22O3S. The van der Waals surface area contributed by atoms with E-state index in [9.17, 15) is 5.11 Å². The van der Waals surface area contributed by atoms with Gasteiger partial charge in [0.2, 0.25) is 0 Å². The van der Waals surface area contributed by atoms with Gasteiger partial charge in [-0.05, 0) is 16.7 Å². The first-order valence-corrected chi connectivity index (χ1v) is 9.27. The Labute approximate surface area is 158 Å². The molecule has 0 amide bonds. The third-order valence-electron chi connectivity index (χ3n) is 4.20. The number of aliphatic hydroxyl groups excluding tert-OH is 2. The highest BCUT2D eigenvalue weighted by atomic mass is 32.2. The number of rotatable bonds is 8. The predicted molar refractivity (Wildman–Crippen MR) is 106 cm³/mol. The van der Waals surface area contributed by atoms with Crippen LogP contribution in [0.1, 0.15) is 16.7 Å². The summed E-state index contributed by atoms with van der Waals surface area (Å²) in [5, 5.41) is 18.8. The van der Waals surface area contributed by atoms with Crippen molar-refractivity contribution in [3.63, 3.8) is 0 Å². The summed E-state index contributed by atoms with van der Waals surface area (Å²) in [6.45, 7) is -0.273. The summed E-state index contributed by atoms with van der Waals surface area (Å²) in [6, 6.07) is 30.5. The SMILES string of the molecule is OCC(O)COSC(c1ccccc1)(c1ccccc1)c1ccccc1. The Morgan fingerprint density at radius 1 is 0.731 bits per heavy atom. The van der Waals surface area contributed by atoms with Crippen LogP contribution in [0.2, 0.25) is 0 Å². The second-order valence-corrected chi connectivity index (χ2v) is 7.00. The van der Waals surface area contributed by atoms with Crippen LogP contribution in [0.4, 0.5) is 0 Å². The number of hydrogen-bond acceptors (Lipinski definition) is 4. The van der Waals surface area contributed by atoms with E-state index in [0.717, 1.165) is 16.7 Å². The summed E-state index contributed by atoms with van der Waals surface area (Å²) in [4.78, 5) is 0. The van der Waals surface area contributed by atoms with E-state index in [0.29, 0.717) is 0 Å². The van der Waals surface area contributed by atoms with E-state index >= 15 is 0 Å². The highest BCUT2D eigenvalue weighted by molar-refractivity contribution is 7.96. The van der Waals surface area contributed by atoms with Crippen LogP contribution in [0.3, 0.4) is 0 Å². The van der Waals surface area contributed by atoms with Crippen molar-refractivity contribution in [1.82, 2.24) is 0 Å². The standard InChI is InChI=1S/C22H22O3S/c23-16-21(24)17-25-26-22(18-10-4-1-5-11-18,19-12-6-2-7-13-19)20-14-8-3-9-15-20/h1-15,21,23-24H,16-17H2. The van der Waals surface area contributed by atoms with E-state index in [1.807, 2.05) is 54.6 Å². The van der Waals surface area contributed by atoms with Crippen molar-refractivity contribution < 1.29 is 14.4 Å². The molecule has 0 heterocycles. The van der Waals surface area contributed by atoms with Crippen molar-refractivity contribution in [1.29, 1.82) is 0 Å². The first-order valence-electron chi connectivity index (χ1n) is 8.53. The Hall–Kier alpha value is -2.11. The molecule has 0 fully saturated rings. The van der Waals surface area contributed by atoms with Crippen LogP contribution in [0.25, 0.3) is 0 Å². The molecule has 0 aliphatic heterocycles. The molecule has 26 heavy (non-hydrogen) atoms. The Morgan fingerprint density at radius 2 is 1.12 bits per heavy atom. The summed E-state index contributed by atoms with van der Waals surface area (Å²) in [5.41, 5.74) is 3.25. The van der Waals surface area contributed by atoms with Crippen LogP contribution in [0.15, 0.2) is 91.0 Å². The molecule has 2 N–H and O–H groups in total. The molecule has 0 aliphatic rings. The minimum absolute atomic E-state index is 0.0510. The van der Waals surface area contributed by atoms with Crippen LogP contribution in [0.5, 0.6) is 0 Å². The van der Waals surface area contributed by atoms with Crippen LogP contribution >= 0.6 is 12.0 Å². The third-order valence-corrected chi connectivity index (χ3v) is 5.41. The lowest BCUT2D eigenvalue weighted by molar-refractivity contribution is 0.0598. The first kappa shape index (κ1) is 18.7. The maximum absolute atomic E-state index is 9.68. The highest BCUT2D eigenvalue weighted by Gasteiger charge is 2.38. The molecule has 0 saturated carbocycles. The molecule has 3 aromatic carbocycles. The second kappa shape index (κ2) is 9.01. The molecule has 1 unspecified atom stereocenters. The molecule has 4 heteroatoms. The van der Waals surface area contributed by atoms with E-state index in [2.05, 4.69) is 36.4 Å². The molecule has 0 aromatic heterocycles. The first-order chi connectivity index (χ1) is 12.8. The van der Waals surface area contributed by atoms with Gasteiger partial charge in [-0.2, -0.15) is 0 Å². The smallest absolute Gasteiger partial charge is 0.117 e. The fourth-order valence-corrected chi connectivity index (χ4v) is 4.02. The monoisotopic (exact) mass is 366 g/mol. The lowest BCUT2D eigenvalue weighted by Gasteiger charge is -2.34. The molecule has 3 nitrogen and oxygen atoms in total. The van der Waals surface area contributed by atoms with Crippen molar-refractivity contribution in [2.75, 3.05) is 13.2 Å². The van der Waals surface area contributed by atoms with Gasteiger partial charge in [0.25, 0.3) is 0 Å². The Morgan fingerprint density at radius 3 is 1.46 bits per heavy atom. The Balaban J connectivity index is 2.11. The molecule has 0 spiro atoms. The van der Waals surface area contributed by atoms with Gasteiger partial charge in [0.05, 0.1) is 13.2 Å². The normalized spacial score (nSPS) is 12.7. The molecule has 0 saturated heterocycles. The fraction of sp³-hybridized carbons (Fsp3) is 0.182. The molecule has 0 bridgehead atoms. The molecule has 3 rings (SSSR count). The average molecular weight is 366 g/mol. The topological polar surface area (TPSA) is 49.7 Å². The fourth-order valence-electron chi connectivity index (χ4n) is 2.92. The van der Waals surface area contributed by atoms with Gasteiger partial charge in [-0.15, -0.1) is 0 Å². The lowest BCUT2D eigenvalue weighted by atomic mass is 9.84. The minimum atomic E-state index is -0.900. The minimum Gasteiger partial charge on any atom is -0.394 e. The maximum Gasteiger partial charge on any atom is 0.117 e. The van der Waals surface area contributed by atoms with Gasteiger partial charge in [-0.25, -0.2) is 0 Å². The molecular weight excluding hydrogens is 344 g/mol. The molecule has 0 aliphatic carbocycles. The second-order valence-electron chi connectivity index (χ2n) is 5.98. The van der Waals surface area contributed by atoms with Gasteiger partial charge >= 0.3 is 0 Å². The summed E-state index contributed by atoms with van der Waals surface area (Å²) in [6.07, 6.45) is -0.900. The average Bonchev–Trinajstić information content (AvgIpc) is 2.73. The van der Waals surface area contributed by atoms with E-state index in [1.165, 1.54) is 12.0 Å². The van der Waals surface area contributed by atoms with E-state index in [1.54, 1.807) is 0 Å². The largest absolute Gasteiger partial charge is 0.394 e. The summed E-state index contributed by atoms with van der Waals surface area (Å²) in [5.74, 6) is 0. The summed E-state index contributed by atoms with van der Waals surface area (Å²) >= 11 is 1.30. The van der Waals surface area contributed by atoms with Gasteiger partial charge < -0.3 is 14.4 Å². The van der Waals surface area contributed by atoms with Gasteiger partial charge in [0, 0.05) is 12.0 Å². The van der Waals surface area contributed by atoms with Gasteiger partial charge in [-0.1, -0.05) is 91.0 Å². The zero-order valence-corrected chi connectivity index (χ0v) is 15.2. The lowest BCUT2D eigenvalue weighted by Crippen LogP contribution is -2.27. The van der Waals surface area contributed by atoms with Crippen LogP contribution in [-0.2, 0) is 8.93 Å². The number of benzene rings is 3. The number of aliphatic hydroxyl groups is 2. The van der Waals surface area contributed by atoms with Crippen molar-refractivity contribution in [3.8, 4) is 0 Å². The number of hydrogen-bond donors (Lipinski definition) is 2. The zero-order valence-electron chi connectivity index (χ0n) is 14.4. The van der Waals surface area contributed by atoms with Crippen molar-refractivity contribution >= 4 is 12.0 Å². The van der Waals surface area contributed by atoms with E-state index in [-0.39, 0.29) is 13.2 Å². The van der Waals surface area contributed by atoms with Gasteiger partial charge in [-0.3, -0.25) is 0 Å². The third kappa shape index (κ3) is 4.00. The van der Waals surface area contributed by atoms with Crippen molar-refractivity contribution in [2.45, 2.75) is 10.9 Å².